The van der Waals surface area contributed by atoms with Crippen LogP contribution in [0, 0.1) is 6.92 Å². The molecule has 18 heavy (non-hydrogen) atoms. The van der Waals surface area contributed by atoms with Gasteiger partial charge >= 0.3 is 5.97 Å². The predicted octanol–water partition coefficient (Wildman–Crippen LogP) is 2.46. The van der Waals surface area contributed by atoms with Crippen molar-refractivity contribution >= 4 is 28.1 Å². The highest BCUT2D eigenvalue weighted by atomic mass is 32.2. The van der Waals surface area contributed by atoms with E-state index in [1.165, 1.54) is 17.4 Å². The largest absolute Gasteiger partial charge is 0.478 e. The standard InChI is InChI=1S/C12H11NO3S2/c1-8-13-9(6-17-8)7-18(16)11-5-3-2-4-10(11)12(14)15/h2-6H,7H2,1H3,(H,14,15). The first-order chi connectivity index (χ1) is 8.58. The number of hydrogen-bond acceptors (Lipinski definition) is 4. The van der Waals surface area contributed by atoms with Gasteiger partial charge in [-0.25, -0.2) is 9.78 Å². The van der Waals surface area contributed by atoms with E-state index in [2.05, 4.69) is 4.98 Å². The van der Waals surface area contributed by atoms with Gasteiger partial charge in [0.1, 0.15) is 0 Å². The lowest BCUT2D eigenvalue weighted by Gasteiger charge is -2.04. The number of aromatic nitrogens is 1. The Bertz CT molecular complexity index is 607. The van der Waals surface area contributed by atoms with Crippen molar-refractivity contribution in [2.24, 2.45) is 0 Å². The maximum Gasteiger partial charge on any atom is 0.336 e. The number of benzene rings is 1. The first-order valence-electron chi connectivity index (χ1n) is 5.19. The molecule has 0 aliphatic heterocycles. The van der Waals surface area contributed by atoms with Crippen LogP contribution in [0.4, 0.5) is 0 Å². The van der Waals surface area contributed by atoms with Crippen molar-refractivity contribution < 1.29 is 14.1 Å². The number of carboxylic acids is 1. The number of thiazole rings is 1. The van der Waals surface area contributed by atoms with Gasteiger partial charge in [-0.2, -0.15) is 0 Å². The molecule has 0 bridgehead atoms. The second-order valence-corrected chi connectivity index (χ2v) is 6.13. The number of aromatic carboxylic acids is 1. The van der Waals surface area contributed by atoms with Crippen LogP contribution in [0.2, 0.25) is 0 Å². The summed E-state index contributed by atoms with van der Waals surface area (Å²) in [6.07, 6.45) is 0. The first kappa shape index (κ1) is 12.9. The number of nitrogens with zero attached hydrogens (tertiary/aromatic N) is 1. The fourth-order valence-corrected chi connectivity index (χ4v) is 3.45. The Morgan fingerprint density at radius 2 is 2.17 bits per heavy atom. The van der Waals surface area contributed by atoms with Crippen molar-refractivity contribution in [2.75, 3.05) is 0 Å². The van der Waals surface area contributed by atoms with Crippen LogP contribution in [-0.4, -0.2) is 20.3 Å². The Balaban J connectivity index is 2.26. The summed E-state index contributed by atoms with van der Waals surface area (Å²) in [5, 5.41) is 11.8. The van der Waals surface area contributed by atoms with Gasteiger partial charge in [0.15, 0.2) is 0 Å². The van der Waals surface area contributed by atoms with Crippen LogP contribution < -0.4 is 0 Å². The third kappa shape index (κ3) is 2.83. The Morgan fingerprint density at radius 1 is 1.44 bits per heavy atom. The van der Waals surface area contributed by atoms with E-state index in [-0.39, 0.29) is 11.3 Å². The molecule has 4 nitrogen and oxygen atoms in total. The third-order valence-electron chi connectivity index (χ3n) is 2.31. The van der Waals surface area contributed by atoms with Crippen LogP contribution in [0.1, 0.15) is 21.1 Å². The van der Waals surface area contributed by atoms with Gasteiger partial charge in [0.25, 0.3) is 0 Å². The normalized spacial score (nSPS) is 12.3. The number of aryl methyl sites for hydroxylation is 1. The summed E-state index contributed by atoms with van der Waals surface area (Å²) in [5.41, 5.74) is 0.818. The van der Waals surface area contributed by atoms with Crippen molar-refractivity contribution in [3.05, 3.63) is 45.9 Å². The molecule has 2 aromatic rings. The van der Waals surface area contributed by atoms with E-state index in [1.54, 1.807) is 18.2 Å². The van der Waals surface area contributed by atoms with Gasteiger partial charge in [-0.1, -0.05) is 12.1 Å². The highest BCUT2D eigenvalue weighted by Crippen LogP contribution is 2.18. The zero-order chi connectivity index (χ0) is 13.1. The molecule has 0 saturated heterocycles. The summed E-state index contributed by atoms with van der Waals surface area (Å²) in [7, 11) is -1.39. The predicted molar refractivity (Wildman–Crippen MR) is 70.4 cm³/mol. The van der Waals surface area contributed by atoms with E-state index < -0.39 is 16.8 Å². The molecule has 1 aromatic heterocycles. The van der Waals surface area contributed by atoms with Gasteiger partial charge in [0.2, 0.25) is 0 Å². The lowest BCUT2D eigenvalue weighted by atomic mass is 10.2. The minimum absolute atomic E-state index is 0.0859. The molecule has 0 aliphatic rings. The van der Waals surface area contributed by atoms with Gasteiger partial charge in [-0.15, -0.1) is 11.3 Å². The monoisotopic (exact) mass is 281 g/mol. The van der Waals surface area contributed by atoms with E-state index in [9.17, 15) is 9.00 Å². The molecule has 1 heterocycles. The first-order valence-corrected chi connectivity index (χ1v) is 7.39. The lowest BCUT2D eigenvalue weighted by Crippen LogP contribution is -2.05. The van der Waals surface area contributed by atoms with E-state index in [4.69, 9.17) is 5.11 Å². The number of carboxylic acid groups (broad SMARTS) is 1. The molecule has 94 valence electrons. The van der Waals surface area contributed by atoms with Crippen molar-refractivity contribution in [3.8, 4) is 0 Å². The van der Waals surface area contributed by atoms with Gasteiger partial charge in [0.05, 0.1) is 37.7 Å². The molecule has 1 aromatic carbocycles. The van der Waals surface area contributed by atoms with Crippen LogP contribution in [-0.2, 0) is 16.6 Å². The second kappa shape index (κ2) is 5.41. The third-order valence-corrected chi connectivity index (χ3v) is 4.54. The quantitative estimate of drug-likeness (QED) is 0.934. The summed E-state index contributed by atoms with van der Waals surface area (Å²) >= 11 is 1.49. The molecule has 0 fully saturated rings. The Labute approximate surface area is 111 Å². The highest BCUT2D eigenvalue weighted by molar-refractivity contribution is 7.84. The summed E-state index contributed by atoms with van der Waals surface area (Å²) in [6.45, 7) is 1.88. The molecule has 2 rings (SSSR count). The summed E-state index contributed by atoms with van der Waals surface area (Å²) < 4.78 is 12.2. The van der Waals surface area contributed by atoms with Crippen molar-refractivity contribution in [1.29, 1.82) is 0 Å². The average Bonchev–Trinajstić information content (AvgIpc) is 2.74. The van der Waals surface area contributed by atoms with E-state index in [0.29, 0.717) is 4.90 Å². The summed E-state index contributed by atoms with van der Waals surface area (Å²) in [6, 6.07) is 6.35. The van der Waals surface area contributed by atoms with Gasteiger partial charge in [-0.05, 0) is 19.1 Å². The van der Waals surface area contributed by atoms with E-state index >= 15 is 0 Å². The van der Waals surface area contributed by atoms with Gasteiger partial charge in [-0.3, -0.25) is 4.21 Å². The number of hydrogen-bond donors (Lipinski definition) is 1. The molecule has 1 atom stereocenters. The number of carbonyl (C=O) groups is 1. The smallest absolute Gasteiger partial charge is 0.336 e. The molecule has 0 amide bonds. The second-order valence-electron chi connectivity index (χ2n) is 3.65. The molecule has 0 aliphatic carbocycles. The average molecular weight is 281 g/mol. The van der Waals surface area contributed by atoms with Crippen molar-refractivity contribution in [3.63, 3.8) is 0 Å². The molecule has 6 heteroatoms. The minimum atomic E-state index is -1.39. The minimum Gasteiger partial charge on any atom is -0.478 e. The van der Waals surface area contributed by atoms with E-state index in [0.717, 1.165) is 10.7 Å². The zero-order valence-corrected chi connectivity index (χ0v) is 11.3. The number of rotatable bonds is 4. The fourth-order valence-electron chi connectivity index (χ4n) is 1.53. The molecule has 0 radical (unpaired) electrons. The highest BCUT2D eigenvalue weighted by Gasteiger charge is 2.15. The fraction of sp³-hybridized carbons (Fsp3) is 0.167. The SMILES string of the molecule is Cc1nc(CS(=O)c2ccccc2C(=O)O)cs1. The van der Waals surface area contributed by atoms with Crippen molar-refractivity contribution in [2.45, 2.75) is 17.6 Å². The van der Waals surface area contributed by atoms with Crippen molar-refractivity contribution in [1.82, 2.24) is 4.98 Å². The lowest BCUT2D eigenvalue weighted by molar-refractivity contribution is 0.0693. The topological polar surface area (TPSA) is 67.3 Å². The maximum absolute atomic E-state index is 12.2. The van der Waals surface area contributed by atoms with Crippen LogP contribution in [0.5, 0.6) is 0 Å². The molecular weight excluding hydrogens is 270 g/mol. The molecule has 0 saturated carbocycles. The van der Waals surface area contributed by atoms with Crippen LogP contribution in [0.15, 0.2) is 34.5 Å². The Hall–Kier alpha value is -1.53. The van der Waals surface area contributed by atoms with Crippen LogP contribution in [0.3, 0.4) is 0 Å². The summed E-state index contributed by atoms with van der Waals surface area (Å²) in [5.74, 6) is -0.817. The molecule has 0 spiro atoms. The molecule has 1 unspecified atom stereocenters. The molecular formula is C12H11NO3S2. The Kier molecular flexibility index (Phi) is 3.88. The van der Waals surface area contributed by atoms with Gasteiger partial charge < -0.3 is 5.11 Å². The van der Waals surface area contributed by atoms with E-state index in [1.807, 2.05) is 12.3 Å². The van der Waals surface area contributed by atoms with Crippen LogP contribution >= 0.6 is 11.3 Å². The maximum atomic E-state index is 12.2. The summed E-state index contributed by atoms with van der Waals surface area (Å²) in [4.78, 5) is 15.6. The van der Waals surface area contributed by atoms with Crippen LogP contribution in [0.25, 0.3) is 0 Å². The molecule has 1 N–H and O–H groups in total. The Morgan fingerprint density at radius 3 is 2.78 bits per heavy atom. The zero-order valence-electron chi connectivity index (χ0n) is 9.62. The van der Waals surface area contributed by atoms with Gasteiger partial charge in [0, 0.05) is 5.38 Å².